The lowest BCUT2D eigenvalue weighted by atomic mass is 9.93. The van der Waals surface area contributed by atoms with Gasteiger partial charge in [0.05, 0.1) is 12.9 Å². The number of hydrogen-bond donors (Lipinski definition) is 1. The molecule has 0 saturated carbocycles. The Morgan fingerprint density at radius 1 is 1.32 bits per heavy atom. The number of nitrogens with one attached hydrogen (secondary N) is 1. The van der Waals surface area contributed by atoms with Gasteiger partial charge in [-0.3, -0.25) is 0 Å². The van der Waals surface area contributed by atoms with Crippen LogP contribution in [0.4, 0.5) is 0 Å². The molecule has 19 heavy (non-hydrogen) atoms. The van der Waals surface area contributed by atoms with Gasteiger partial charge in [0.2, 0.25) is 0 Å². The lowest BCUT2D eigenvalue weighted by Crippen LogP contribution is -2.34. The fourth-order valence-electron chi connectivity index (χ4n) is 2.55. The van der Waals surface area contributed by atoms with Crippen LogP contribution in [0.2, 0.25) is 0 Å². The smallest absolute Gasteiger partial charge is 0.0876 e. The third-order valence-corrected chi connectivity index (χ3v) is 3.74. The van der Waals surface area contributed by atoms with E-state index in [-0.39, 0.29) is 0 Å². The zero-order valence-corrected chi connectivity index (χ0v) is 12.1. The quantitative estimate of drug-likeness (QED) is 0.843. The molecule has 0 aromatic heterocycles. The molecular weight excluding hydrogens is 234 g/mol. The molecule has 0 spiro atoms. The van der Waals surface area contributed by atoms with Crippen LogP contribution in [0.5, 0.6) is 0 Å². The van der Waals surface area contributed by atoms with Gasteiger partial charge in [0.1, 0.15) is 0 Å². The van der Waals surface area contributed by atoms with Crippen molar-refractivity contribution in [1.29, 1.82) is 0 Å². The van der Waals surface area contributed by atoms with Crippen LogP contribution in [0.15, 0.2) is 36.1 Å². The topological polar surface area (TPSA) is 21.3 Å². The molecule has 0 aliphatic carbocycles. The van der Waals surface area contributed by atoms with Crippen LogP contribution < -0.4 is 5.32 Å². The van der Waals surface area contributed by atoms with Crippen LogP contribution in [0.25, 0.3) is 0 Å². The summed E-state index contributed by atoms with van der Waals surface area (Å²) in [6, 6.07) is 9.08. The van der Waals surface area contributed by atoms with Crippen LogP contribution in [-0.4, -0.2) is 19.2 Å². The average Bonchev–Trinajstić information content (AvgIpc) is 2.46. The van der Waals surface area contributed by atoms with Crippen molar-refractivity contribution in [1.82, 2.24) is 5.32 Å². The fourth-order valence-corrected chi connectivity index (χ4v) is 2.55. The Morgan fingerprint density at radius 3 is 2.84 bits per heavy atom. The molecule has 0 bridgehead atoms. The third kappa shape index (κ3) is 4.10. The Morgan fingerprint density at radius 2 is 2.16 bits per heavy atom. The molecule has 104 valence electrons. The third-order valence-electron chi connectivity index (χ3n) is 3.74. The summed E-state index contributed by atoms with van der Waals surface area (Å²) in [6.45, 7) is 6.34. The molecule has 1 atom stereocenters. The first kappa shape index (κ1) is 14.1. The van der Waals surface area contributed by atoms with Crippen molar-refractivity contribution in [2.45, 2.75) is 45.6 Å². The predicted octanol–water partition coefficient (Wildman–Crippen LogP) is 3.60. The largest absolute Gasteiger partial charge is 0.501 e. The van der Waals surface area contributed by atoms with Crippen molar-refractivity contribution in [2.24, 2.45) is 0 Å². The molecule has 2 rings (SSSR count). The Hall–Kier alpha value is -1.28. The second-order valence-corrected chi connectivity index (χ2v) is 5.30. The zero-order chi connectivity index (χ0) is 13.5. The maximum absolute atomic E-state index is 5.51. The first-order chi connectivity index (χ1) is 9.31. The molecule has 1 heterocycles. The zero-order valence-electron chi connectivity index (χ0n) is 12.1. The molecule has 2 nitrogen and oxygen atoms in total. The van der Waals surface area contributed by atoms with E-state index in [0.29, 0.717) is 6.04 Å². The molecule has 1 aliphatic heterocycles. The molecule has 1 unspecified atom stereocenters. The Labute approximate surface area is 116 Å². The Bertz CT molecular complexity index is 425. The first-order valence-electron chi connectivity index (χ1n) is 7.39. The Balaban J connectivity index is 2.09. The molecule has 0 amide bonds. The molecule has 1 aromatic rings. The number of benzene rings is 1. The van der Waals surface area contributed by atoms with Gasteiger partial charge < -0.3 is 10.1 Å². The highest BCUT2D eigenvalue weighted by atomic mass is 16.5. The standard InChI is InChI=1S/C17H25NO/c1-3-10-18-17(16-9-6-11-19-13-16)12-15-8-5-4-7-14(15)2/h4-5,7-8,13,17-18H,3,6,9-12H2,1-2H3. The summed E-state index contributed by atoms with van der Waals surface area (Å²) in [4.78, 5) is 0. The monoisotopic (exact) mass is 259 g/mol. The van der Waals surface area contributed by atoms with Crippen LogP contribution in [0.1, 0.15) is 37.3 Å². The van der Waals surface area contributed by atoms with E-state index in [2.05, 4.69) is 43.4 Å². The number of ether oxygens (including phenoxy) is 1. The minimum Gasteiger partial charge on any atom is -0.501 e. The average molecular weight is 259 g/mol. The van der Waals surface area contributed by atoms with Crippen molar-refractivity contribution in [3.05, 3.63) is 47.2 Å². The van der Waals surface area contributed by atoms with Gasteiger partial charge in [-0.15, -0.1) is 0 Å². The summed E-state index contributed by atoms with van der Waals surface area (Å²) in [5, 5.41) is 3.67. The van der Waals surface area contributed by atoms with Crippen LogP contribution in [-0.2, 0) is 11.2 Å². The first-order valence-corrected chi connectivity index (χ1v) is 7.39. The van der Waals surface area contributed by atoms with E-state index >= 15 is 0 Å². The van der Waals surface area contributed by atoms with Crippen molar-refractivity contribution in [2.75, 3.05) is 13.2 Å². The van der Waals surface area contributed by atoms with Gasteiger partial charge in [-0.2, -0.15) is 0 Å². The van der Waals surface area contributed by atoms with E-state index in [9.17, 15) is 0 Å². The predicted molar refractivity (Wildman–Crippen MR) is 80.2 cm³/mol. The Kier molecular flexibility index (Phi) is 5.46. The van der Waals surface area contributed by atoms with E-state index in [1.165, 1.54) is 23.1 Å². The van der Waals surface area contributed by atoms with Crippen molar-refractivity contribution in [3.8, 4) is 0 Å². The summed E-state index contributed by atoms with van der Waals surface area (Å²) < 4.78 is 5.51. The molecule has 1 aromatic carbocycles. The summed E-state index contributed by atoms with van der Waals surface area (Å²) in [6.07, 6.45) is 6.51. The molecule has 0 radical (unpaired) electrons. The van der Waals surface area contributed by atoms with E-state index in [1.54, 1.807) is 0 Å². The van der Waals surface area contributed by atoms with Gasteiger partial charge in [0.15, 0.2) is 0 Å². The second kappa shape index (κ2) is 7.34. The summed E-state index contributed by atoms with van der Waals surface area (Å²) >= 11 is 0. The van der Waals surface area contributed by atoms with Gasteiger partial charge in [-0.05, 0) is 55.9 Å². The molecule has 0 fully saturated rings. The highest BCUT2D eigenvalue weighted by Crippen LogP contribution is 2.20. The van der Waals surface area contributed by atoms with E-state index < -0.39 is 0 Å². The van der Waals surface area contributed by atoms with Crippen molar-refractivity contribution in [3.63, 3.8) is 0 Å². The van der Waals surface area contributed by atoms with Gasteiger partial charge >= 0.3 is 0 Å². The highest BCUT2D eigenvalue weighted by Gasteiger charge is 2.17. The van der Waals surface area contributed by atoms with Gasteiger partial charge in [-0.25, -0.2) is 0 Å². The SMILES string of the molecule is CCCNC(Cc1ccccc1C)C1=COCCC1. The van der Waals surface area contributed by atoms with Gasteiger partial charge in [-0.1, -0.05) is 31.2 Å². The summed E-state index contributed by atoms with van der Waals surface area (Å²) in [5.74, 6) is 0. The van der Waals surface area contributed by atoms with E-state index in [0.717, 1.165) is 32.4 Å². The normalized spacial score (nSPS) is 16.6. The summed E-state index contributed by atoms with van der Waals surface area (Å²) in [5.41, 5.74) is 4.23. The van der Waals surface area contributed by atoms with Crippen LogP contribution in [0.3, 0.4) is 0 Å². The fraction of sp³-hybridized carbons (Fsp3) is 0.529. The highest BCUT2D eigenvalue weighted by molar-refractivity contribution is 5.28. The lowest BCUT2D eigenvalue weighted by Gasteiger charge is -2.25. The molecular formula is C17H25NO. The van der Waals surface area contributed by atoms with E-state index in [4.69, 9.17) is 4.74 Å². The molecule has 1 N–H and O–H groups in total. The van der Waals surface area contributed by atoms with E-state index in [1.807, 2.05) is 6.26 Å². The maximum Gasteiger partial charge on any atom is 0.0876 e. The van der Waals surface area contributed by atoms with Crippen LogP contribution >= 0.6 is 0 Å². The minimum absolute atomic E-state index is 0.418. The number of rotatable bonds is 6. The van der Waals surface area contributed by atoms with Gasteiger partial charge in [0.25, 0.3) is 0 Å². The van der Waals surface area contributed by atoms with Crippen molar-refractivity contribution < 1.29 is 4.74 Å². The maximum atomic E-state index is 5.51. The second-order valence-electron chi connectivity index (χ2n) is 5.30. The molecule has 2 heteroatoms. The number of hydrogen-bond acceptors (Lipinski definition) is 2. The van der Waals surface area contributed by atoms with Gasteiger partial charge in [0, 0.05) is 6.04 Å². The minimum atomic E-state index is 0.418. The molecule has 0 saturated heterocycles. The van der Waals surface area contributed by atoms with Crippen LogP contribution in [0, 0.1) is 6.92 Å². The molecule has 1 aliphatic rings. The summed E-state index contributed by atoms with van der Waals surface area (Å²) in [7, 11) is 0. The number of aryl methyl sites for hydroxylation is 1. The van der Waals surface area contributed by atoms with Crippen molar-refractivity contribution >= 4 is 0 Å². The lowest BCUT2D eigenvalue weighted by molar-refractivity contribution is 0.219.